The quantitative estimate of drug-likeness (QED) is 0.0838. The highest BCUT2D eigenvalue weighted by molar-refractivity contribution is 6.31. The van der Waals surface area contributed by atoms with E-state index in [-0.39, 0.29) is 30.7 Å². The molecule has 5 rings (SSSR count). The van der Waals surface area contributed by atoms with Crippen molar-refractivity contribution in [2.45, 2.75) is 87.0 Å². The highest BCUT2D eigenvalue weighted by Gasteiger charge is 2.46. The van der Waals surface area contributed by atoms with Crippen LogP contribution >= 0.6 is 11.6 Å². The Kier molecular flexibility index (Phi) is 12.9. The van der Waals surface area contributed by atoms with Crippen LogP contribution in [0.25, 0.3) is 11.1 Å². The first-order valence-electron chi connectivity index (χ1n) is 16.9. The molecule has 2 aromatic carbocycles. The minimum Gasteiger partial charge on any atom is -0.490 e. The number of nitrogens with one attached hydrogen (secondary N) is 3. The second-order valence-electron chi connectivity index (χ2n) is 13.0. The molecule has 0 saturated heterocycles. The van der Waals surface area contributed by atoms with E-state index in [2.05, 4.69) is 33.1 Å². The van der Waals surface area contributed by atoms with Crippen molar-refractivity contribution in [2.24, 2.45) is 0 Å². The number of nitrogens with zero attached hydrogens (tertiary/aromatic N) is 1. The first-order valence-corrected chi connectivity index (χ1v) is 17.2. The van der Waals surface area contributed by atoms with Crippen LogP contribution < -0.4 is 20.7 Å². The number of carbonyl (C=O) groups is 1. The molecule has 2 amide bonds. The Balaban J connectivity index is 1.14. The van der Waals surface area contributed by atoms with Gasteiger partial charge in [0.1, 0.15) is 24.1 Å². The molecule has 1 unspecified atom stereocenters. The number of aliphatic hydroxyl groups is 6. The number of rotatable bonds is 19. The number of amides is 2. The van der Waals surface area contributed by atoms with Gasteiger partial charge in [-0.25, -0.2) is 4.79 Å². The van der Waals surface area contributed by atoms with Gasteiger partial charge in [0.05, 0.1) is 18.8 Å². The SMILES string of the molecule is O=C(NCCCC(CO)c1ccc(Cl)c(CNC2(c3cnccc3-c3ccccc3OC3CC3)CC2)c1)NC[C@H](O)[C@@H](O)[C@H](O)[C@H](O)CO. The summed E-state index contributed by atoms with van der Waals surface area (Å²) in [5.74, 6) is 0.709. The van der Waals surface area contributed by atoms with Crippen LogP contribution in [0, 0.1) is 0 Å². The summed E-state index contributed by atoms with van der Waals surface area (Å²) < 4.78 is 6.24. The number of ether oxygens (including phenoxy) is 1. The van der Waals surface area contributed by atoms with Crippen LogP contribution in [0.15, 0.2) is 60.9 Å². The van der Waals surface area contributed by atoms with Crippen LogP contribution in [0.3, 0.4) is 0 Å². The van der Waals surface area contributed by atoms with E-state index in [1.807, 2.05) is 48.8 Å². The lowest BCUT2D eigenvalue weighted by atomic mass is 9.93. The zero-order valence-corrected chi connectivity index (χ0v) is 28.1. The largest absolute Gasteiger partial charge is 0.490 e. The Morgan fingerprint density at radius 1 is 0.959 bits per heavy atom. The van der Waals surface area contributed by atoms with Crippen LogP contribution in [0.5, 0.6) is 5.75 Å². The van der Waals surface area contributed by atoms with E-state index in [0.717, 1.165) is 59.3 Å². The molecule has 5 atom stereocenters. The number of hydrogen-bond donors (Lipinski definition) is 9. The lowest BCUT2D eigenvalue weighted by Gasteiger charge is -2.25. The zero-order valence-electron chi connectivity index (χ0n) is 27.3. The predicted octanol–water partition coefficient (Wildman–Crippen LogP) is 2.31. The van der Waals surface area contributed by atoms with Gasteiger partial charge in [-0.15, -0.1) is 0 Å². The van der Waals surface area contributed by atoms with Crippen molar-refractivity contribution in [3.8, 4) is 16.9 Å². The van der Waals surface area contributed by atoms with Gasteiger partial charge in [-0.3, -0.25) is 4.98 Å². The molecule has 2 aliphatic carbocycles. The Morgan fingerprint density at radius 2 is 1.71 bits per heavy atom. The molecule has 3 aromatic rings. The van der Waals surface area contributed by atoms with E-state index < -0.39 is 37.1 Å². The van der Waals surface area contributed by atoms with Crippen LogP contribution in [-0.2, 0) is 12.1 Å². The van der Waals surface area contributed by atoms with Crippen molar-refractivity contribution in [1.82, 2.24) is 20.9 Å². The lowest BCUT2D eigenvalue weighted by molar-refractivity contribution is -0.113. The summed E-state index contributed by atoms with van der Waals surface area (Å²) in [5, 5.41) is 67.5. The molecular formula is C36H47ClN4O8. The molecule has 9 N–H and O–H groups in total. The molecule has 1 aromatic heterocycles. The second-order valence-corrected chi connectivity index (χ2v) is 13.4. The molecule has 0 spiro atoms. The molecular weight excluding hydrogens is 652 g/mol. The molecule has 0 bridgehead atoms. The number of benzene rings is 2. The average molecular weight is 699 g/mol. The third-order valence-electron chi connectivity index (χ3n) is 9.27. The van der Waals surface area contributed by atoms with Crippen molar-refractivity contribution >= 4 is 17.6 Å². The molecule has 266 valence electrons. The van der Waals surface area contributed by atoms with E-state index in [1.54, 1.807) is 0 Å². The van der Waals surface area contributed by atoms with Gasteiger partial charge >= 0.3 is 6.03 Å². The maximum atomic E-state index is 12.2. The summed E-state index contributed by atoms with van der Waals surface area (Å²) >= 11 is 6.66. The van der Waals surface area contributed by atoms with Gasteiger partial charge < -0.3 is 51.3 Å². The minimum absolute atomic E-state index is 0.0852. The van der Waals surface area contributed by atoms with Crippen molar-refractivity contribution in [3.05, 3.63) is 82.6 Å². The zero-order chi connectivity index (χ0) is 35.0. The number of carbonyl (C=O) groups excluding carboxylic acids is 1. The molecule has 1 heterocycles. The normalized spacial score (nSPS) is 18.2. The number of aliphatic hydroxyl groups excluding tert-OH is 6. The van der Waals surface area contributed by atoms with Crippen LogP contribution in [0.4, 0.5) is 4.79 Å². The topological polar surface area (TPSA) is 197 Å². The number of pyridine rings is 1. The van der Waals surface area contributed by atoms with Gasteiger partial charge in [0, 0.05) is 60.7 Å². The molecule has 12 nitrogen and oxygen atoms in total. The maximum Gasteiger partial charge on any atom is 0.314 e. The van der Waals surface area contributed by atoms with E-state index >= 15 is 0 Å². The van der Waals surface area contributed by atoms with Crippen LogP contribution in [0.2, 0.25) is 5.02 Å². The maximum absolute atomic E-state index is 12.2. The van der Waals surface area contributed by atoms with Gasteiger partial charge in [0.15, 0.2) is 0 Å². The van der Waals surface area contributed by atoms with E-state index in [4.69, 9.17) is 21.4 Å². The standard InChI is InChI=1S/C36H47ClN4O8/c37-29-10-7-22(23(20-42)4-3-14-39-35(48)40-19-30(44)33(46)34(47)31(45)21-43)16-24(29)17-41-36(12-13-36)28-18-38-15-11-26(28)27-5-1-2-6-32(27)49-25-8-9-25/h1-2,5-7,10-11,15-16,18,23,25,30-31,33-34,41-47H,3-4,8-9,12-14,17,19-21H2,(H2,39,40,48)/t23?,30-,31+,33+,34+/m0/s1. The van der Waals surface area contributed by atoms with Gasteiger partial charge in [0.25, 0.3) is 0 Å². The molecule has 0 aliphatic heterocycles. The van der Waals surface area contributed by atoms with Crippen molar-refractivity contribution in [3.63, 3.8) is 0 Å². The fraction of sp³-hybridized carbons (Fsp3) is 0.500. The summed E-state index contributed by atoms with van der Waals surface area (Å²) in [5.41, 5.74) is 4.90. The fourth-order valence-electron chi connectivity index (χ4n) is 5.94. The number of aromatic nitrogens is 1. The second kappa shape index (κ2) is 17.1. The average Bonchev–Trinajstić information content (AvgIpc) is 4.07. The number of hydrogen-bond acceptors (Lipinski definition) is 10. The highest BCUT2D eigenvalue weighted by atomic mass is 35.5. The summed E-state index contributed by atoms with van der Waals surface area (Å²) in [7, 11) is 0. The monoisotopic (exact) mass is 698 g/mol. The molecule has 13 heteroatoms. The number of para-hydroxylation sites is 1. The number of halogens is 1. The van der Waals surface area contributed by atoms with Gasteiger partial charge in [0.2, 0.25) is 0 Å². The fourth-order valence-corrected chi connectivity index (χ4v) is 6.12. The Morgan fingerprint density at radius 3 is 2.43 bits per heavy atom. The molecule has 2 saturated carbocycles. The predicted molar refractivity (Wildman–Crippen MR) is 184 cm³/mol. The molecule has 49 heavy (non-hydrogen) atoms. The lowest BCUT2D eigenvalue weighted by Crippen LogP contribution is -2.50. The molecule has 2 fully saturated rings. The number of urea groups is 1. The summed E-state index contributed by atoms with van der Waals surface area (Å²) in [6.07, 6.45) is 2.57. The minimum atomic E-state index is -1.77. The summed E-state index contributed by atoms with van der Waals surface area (Å²) in [4.78, 5) is 16.6. The van der Waals surface area contributed by atoms with Crippen molar-refractivity contribution < 1.29 is 40.2 Å². The molecule has 0 radical (unpaired) electrons. The van der Waals surface area contributed by atoms with Gasteiger partial charge in [-0.2, -0.15) is 0 Å². The van der Waals surface area contributed by atoms with E-state index in [1.165, 1.54) is 0 Å². The smallest absolute Gasteiger partial charge is 0.314 e. The van der Waals surface area contributed by atoms with Crippen LogP contribution in [-0.4, -0.2) is 98.5 Å². The highest BCUT2D eigenvalue weighted by Crippen LogP contribution is 2.50. The van der Waals surface area contributed by atoms with Crippen molar-refractivity contribution in [2.75, 3.05) is 26.3 Å². The van der Waals surface area contributed by atoms with E-state index in [0.29, 0.717) is 31.0 Å². The molecule has 2 aliphatic rings. The van der Waals surface area contributed by atoms with Crippen LogP contribution in [0.1, 0.15) is 61.1 Å². The first-order chi connectivity index (χ1) is 23.7. The van der Waals surface area contributed by atoms with E-state index in [9.17, 15) is 30.3 Å². The van der Waals surface area contributed by atoms with Gasteiger partial charge in [-0.05, 0) is 79.0 Å². The van der Waals surface area contributed by atoms with Gasteiger partial charge in [-0.1, -0.05) is 41.9 Å². The first kappa shape index (κ1) is 36.9. The van der Waals surface area contributed by atoms with Crippen molar-refractivity contribution in [1.29, 1.82) is 0 Å². The third kappa shape index (κ3) is 9.68. The summed E-state index contributed by atoms with van der Waals surface area (Å²) in [6.45, 7) is -0.438. The Hall–Kier alpha value is -3.33. The summed E-state index contributed by atoms with van der Waals surface area (Å²) in [6, 6.07) is 15.4. The third-order valence-corrected chi connectivity index (χ3v) is 9.64. The Bertz CT molecular complexity index is 1540. The Labute approximate surface area is 291 Å².